The number of hydrogen-bond acceptors (Lipinski definition) is 3. The molecule has 0 saturated heterocycles. The van der Waals surface area contributed by atoms with Gasteiger partial charge in [0, 0.05) is 11.4 Å². The van der Waals surface area contributed by atoms with E-state index in [2.05, 4.69) is 10.6 Å². The Morgan fingerprint density at radius 2 is 1.56 bits per heavy atom. The van der Waals surface area contributed by atoms with E-state index in [1.165, 1.54) is 24.3 Å². The highest BCUT2D eigenvalue weighted by Gasteiger charge is 2.12. The van der Waals surface area contributed by atoms with Gasteiger partial charge >= 0.3 is 0 Å². The number of amides is 2. The first-order valence-corrected chi connectivity index (χ1v) is 7.94. The number of aryl methyl sites for hydroxylation is 2. The highest BCUT2D eigenvalue weighted by Crippen LogP contribution is 2.15. The average Bonchev–Trinajstić information content (AvgIpc) is 2.52. The topological polar surface area (TPSA) is 61.4 Å². The number of rotatable bonds is 6. The van der Waals surface area contributed by atoms with Gasteiger partial charge in [0.15, 0.2) is 0 Å². The monoisotopic (exact) mass is 343 g/mol. The second-order valence-electron chi connectivity index (χ2n) is 6.09. The first kappa shape index (κ1) is 18.6. The van der Waals surface area contributed by atoms with Crippen LogP contribution in [0.25, 0.3) is 0 Å². The Morgan fingerprint density at radius 1 is 0.960 bits per heavy atom. The Hall–Kier alpha value is -2.73. The molecular weight excluding hydrogens is 321 g/mol. The number of carbonyl (C=O) groups excluding carboxylic acids is 2. The van der Waals surface area contributed by atoms with Gasteiger partial charge in [0.25, 0.3) is 0 Å². The molecule has 2 N–H and O–H groups in total. The lowest BCUT2D eigenvalue weighted by molar-refractivity contribution is -0.119. The number of carbonyl (C=O) groups is 2. The van der Waals surface area contributed by atoms with Crippen LogP contribution in [-0.4, -0.2) is 36.9 Å². The van der Waals surface area contributed by atoms with Gasteiger partial charge in [0.1, 0.15) is 5.82 Å². The summed E-state index contributed by atoms with van der Waals surface area (Å²) >= 11 is 0. The molecule has 0 aromatic heterocycles. The molecule has 6 heteroatoms. The molecule has 5 nitrogen and oxygen atoms in total. The summed E-state index contributed by atoms with van der Waals surface area (Å²) in [4.78, 5) is 25.7. The minimum atomic E-state index is -0.363. The number of hydrogen-bond donors (Lipinski definition) is 2. The third kappa shape index (κ3) is 6.00. The highest BCUT2D eigenvalue weighted by atomic mass is 19.1. The van der Waals surface area contributed by atoms with Gasteiger partial charge in [-0.15, -0.1) is 0 Å². The molecule has 2 aromatic rings. The molecule has 0 aliphatic rings. The fourth-order valence-electron chi connectivity index (χ4n) is 2.42. The minimum absolute atomic E-state index is 0.0533. The van der Waals surface area contributed by atoms with Crippen LogP contribution in [0.3, 0.4) is 0 Å². The lowest BCUT2D eigenvalue weighted by atomic mass is 10.1. The van der Waals surface area contributed by atoms with Crippen LogP contribution in [0.5, 0.6) is 0 Å². The van der Waals surface area contributed by atoms with E-state index in [1.54, 1.807) is 11.9 Å². The van der Waals surface area contributed by atoms with E-state index in [0.717, 1.165) is 16.8 Å². The Morgan fingerprint density at radius 3 is 2.16 bits per heavy atom. The molecule has 25 heavy (non-hydrogen) atoms. The van der Waals surface area contributed by atoms with Crippen molar-refractivity contribution in [3.05, 3.63) is 59.4 Å². The fourth-order valence-corrected chi connectivity index (χ4v) is 2.42. The van der Waals surface area contributed by atoms with Gasteiger partial charge in [-0.3, -0.25) is 14.5 Å². The Bertz CT molecular complexity index is 760. The maximum absolute atomic E-state index is 12.8. The van der Waals surface area contributed by atoms with Crippen LogP contribution in [0.2, 0.25) is 0 Å². The Labute approximate surface area is 146 Å². The van der Waals surface area contributed by atoms with E-state index in [1.807, 2.05) is 32.0 Å². The van der Waals surface area contributed by atoms with Crippen LogP contribution >= 0.6 is 0 Å². The van der Waals surface area contributed by atoms with Crippen molar-refractivity contribution in [1.82, 2.24) is 4.90 Å². The average molecular weight is 343 g/mol. The lowest BCUT2D eigenvalue weighted by Crippen LogP contribution is -2.36. The van der Waals surface area contributed by atoms with Crippen molar-refractivity contribution in [3.63, 3.8) is 0 Å². The normalized spacial score (nSPS) is 10.6. The van der Waals surface area contributed by atoms with E-state index in [0.29, 0.717) is 5.69 Å². The zero-order valence-electron chi connectivity index (χ0n) is 14.6. The number of halogens is 1. The third-order valence-electron chi connectivity index (χ3n) is 3.61. The molecule has 0 saturated carbocycles. The van der Waals surface area contributed by atoms with Crippen LogP contribution in [0.1, 0.15) is 11.1 Å². The number of nitrogens with zero attached hydrogens (tertiary/aromatic N) is 1. The van der Waals surface area contributed by atoms with Crippen LogP contribution in [0.15, 0.2) is 42.5 Å². The lowest BCUT2D eigenvalue weighted by Gasteiger charge is -2.16. The molecule has 132 valence electrons. The van der Waals surface area contributed by atoms with Crippen molar-refractivity contribution in [2.45, 2.75) is 13.8 Å². The van der Waals surface area contributed by atoms with E-state index >= 15 is 0 Å². The van der Waals surface area contributed by atoms with Crippen LogP contribution < -0.4 is 10.6 Å². The van der Waals surface area contributed by atoms with Gasteiger partial charge in [-0.2, -0.15) is 0 Å². The first-order chi connectivity index (χ1) is 11.8. The predicted octanol–water partition coefficient (Wildman–Crippen LogP) is 2.95. The molecule has 2 amide bonds. The molecule has 0 heterocycles. The van der Waals surface area contributed by atoms with E-state index in [-0.39, 0.29) is 30.7 Å². The molecular formula is C19H22FN3O2. The van der Waals surface area contributed by atoms with E-state index < -0.39 is 0 Å². The molecule has 0 spiro atoms. The molecule has 2 aromatic carbocycles. The second kappa shape index (κ2) is 8.39. The second-order valence-corrected chi connectivity index (χ2v) is 6.09. The molecule has 0 aliphatic carbocycles. The number of likely N-dealkylation sites (N-methyl/N-ethyl adjacent to an activating group) is 1. The van der Waals surface area contributed by atoms with Crippen molar-refractivity contribution >= 4 is 23.2 Å². The maximum atomic E-state index is 12.8. The van der Waals surface area contributed by atoms with Gasteiger partial charge in [-0.25, -0.2) is 4.39 Å². The van der Waals surface area contributed by atoms with Crippen molar-refractivity contribution in [1.29, 1.82) is 0 Å². The standard InChI is InChI=1S/C19H22FN3O2/c1-13-4-9-17(14(2)10-13)22-19(25)12-23(3)11-18(24)21-16-7-5-15(20)6-8-16/h4-10H,11-12H2,1-3H3,(H,21,24)(H,22,25). The number of anilines is 2. The smallest absolute Gasteiger partial charge is 0.238 e. The van der Waals surface area contributed by atoms with Crippen LogP contribution in [0, 0.1) is 19.7 Å². The molecule has 0 aliphatic heterocycles. The summed E-state index contributed by atoms with van der Waals surface area (Å²) in [5.74, 6) is -0.823. The van der Waals surface area contributed by atoms with Crippen molar-refractivity contribution in [2.75, 3.05) is 30.8 Å². The van der Waals surface area contributed by atoms with Gasteiger partial charge < -0.3 is 10.6 Å². The van der Waals surface area contributed by atoms with E-state index in [9.17, 15) is 14.0 Å². The molecule has 0 bridgehead atoms. The van der Waals surface area contributed by atoms with Gasteiger partial charge in [-0.1, -0.05) is 17.7 Å². The molecule has 2 rings (SSSR count). The zero-order valence-corrected chi connectivity index (χ0v) is 14.6. The summed E-state index contributed by atoms with van der Waals surface area (Å²) in [6, 6.07) is 11.3. The zero-order chi connectivity index (χ0) is 18.4. The van der Waals surface area contributed by atoms with Gasteiger partial charge in [-0.05, 0) is 56.8 Å². The number of nitrogens with one attached hydrogen (secondary N) is 2. The first-order valence-electron chi connectivity index (χ1n) is 7.94. The SMILES string of the molecule is Cc1ccc(NC(=O)CN(C)CC(=O)Nc2ccc(F)cc2)c(C)c1. The molecule has 0 atom stereocenters. The van der Waals surface area contributed by atoms with E-state index in [4.69, 9.17) is 0 Å². The molecule has 0 fully saturated rings. The maximum Gasteiger partial charge on any atom is 0.238 e. The van der Waals surface area contributed by atoms with Crippen LogP contribution in [-0.2, 0) is 9.59 Å². The Kier molecular flexibility index (Phi) is 6.25. The quantitative estimate of drug-likeness (QED) is 0.848. The summed E-state index contributed by atoms with van der Waals surface area (Å²) in [6.45, 7) is 4.07. The minimum Gasteiger partial charge on any atom is -0.325 e. The fraction of sp³-hybridized carbons (Fsp3) is 0.263. The van der Waals surface area contributed by atoms with Crippen LogP contribution in [0.4, 0.5) is 15.8 Å². The summed E-state index contributed by atoms with van der Waals surface area (Å²) in [6.07, 6.45) is 0. The predicted molar refractivity (Wildman–Crippen MR) is 97.1 cm³/mol. The van der Waals surface area contributed by atoms with Crippen molar-refractivity contribution in [3.8, 4) is 0 Å². The van der Waals surface area contributed by atoms with Crippen molar-refractivity contribution in [2.24, 2.45) is 0 Å². The summed E-state index contributed by atoms with van der Waals surface area (Å²) in [5, 5.41) is 5.50. The summed E-state index contributed by atoms with van der Waals surface area (Å²) in [7, 11) is 1.69. The summed E-state index contributed by atoms with van der Waals surface area (Å²) in [5.41, 5.74) is 3.40. The number of benzene rings is 2. The summed E-state index contributed by atoms with van der Waals surface area (Å²) < 4.78 is 12.8. The highest BCUT2D eigenvalue weighted by molar-refractivity contribution is 5.95. The Balaban J connectivity index is 1.82. The van der Waals surface area contributed by atoms with Gasteiger partial charge in [0.05, 0.1) is 13.1 Å². The third-order valence-corrected chi connectivity index (χ3v) is 3.61. The van der Waals surface area contributed by atoms with Gasteiger partial charge in [0.2, 0.25) is 11.8 Å². The molecule has 0 unspecified atom stereocenters. The molecule has 0 radical (unpaired) electrons. The largest absolute Gasteiger partial charge is 0.325 e. The van der Waals surface area contributed by atoms with Crippen molar-refractivity contribution < 1.29 is 14.0 Å².